The summed E-state index contributed by atoms with van der Waals surface area (Å²) in [6.07, 6.45) is 0.817. The van der Waals surface area contributed by atoms with E-state index in [9.17, 15) is 26.8 Å². The largest absolute Gasteiger partial charge is 0.352 e. The van der Waals surface area contributed by atoms with Gasteiger partial charge >= 0.3 is 5.76 Å². The number of sulfone groups is 1. The summed E-state index contributed by atoms with van der Waals surface area (Å²) in [5.74, 6) is -4.28. The van der Waals surface area contributed by atoms with Gasteiger partial charge in [-0.05, 0) is 55.0 Å². The van der Waals surface area contributed by atoms with Gasteiger partial charge in [0.05, 0.1) is 4.90 Å². The van der Waals surface area contributed by atoms with Gasteiger partial charge in [-0.3, -0.25) is 9.59 Å². The Labute approximate surface area is 155 Å². The maximum atomic E-state index is 12.5. The molecule has 2 aromatic rings. The Balaban J connectivity index is 2.06. The van der Waals surface area contributed by atoms with Crippen LogP contribution in [-0.4, -0.2) is 32.5 Å². The lowest BCUT2D eigenvalue weighted by Gasteiger charge is -2.08. The first kappa shape index (κ1) is 20.5. The zero-order chi connectivity index (χ0) is 20.0. The summed E-state index contributed by atoms with van der Waals surface area (Å²) in [6.45, 7) is 2.50. The molecule has 0 fully saturated rings. The second kappa shape index (κ2) is 8.72. The smallest absolute Gasteiger partial charge is 0.341 e. The fourth-order valence-electron chi connectivity index (χ4n) is 2.15. The van der Waals surface area contributed by atoms with Gasteiger partial charge in [-0.1, -0.05) is 6.92 Å². The molecule has 6 nitrogen and oxygen atoms in total. The van der Waals surface area contributed by atoms with Crippen molar-refractivity contribution in [3.63, 3.8) is 0 Å². The van der Waals surface area contributed by atoms with Gasteiger partial charge in [-0.25, -0.2) is 8.42 Å². The van der Waals surface area contributed by atoms with E-state index < -0.39 is 26.4 Å². The van der Waals surface area contributed by atoms with Gasteiger partial charge in [0, 0.05) is 23.4 Å². The first-order valence-electron chi connectivity index (χ1n) is 8.07. The minimum Gasteiger partial charge on any atom is -0.352 e. The molecular formula is C18H18F2N2O4S. The first-order chi connectivity index (χ1) is 12.8. The summed E-state index contributed by atoms with van der Waals surface area (Å²) in [5.41, 5.74) is 0.979. The third kappa shape index (κ3) is 5.10. The Morgan fingerprint density at radius 3 is 1.96 bits per heavy atom. The zero-order valence-corrected chi connectivity index (χ0v) is 15.2. The van der Waals surface area contributed by atoms with Gasteiger partial charge < -0.3 is 10.6 Å². The van der Waals surface area contributed by atoms with Gasteiger partial charge in [0.15, 0.2) is 0 Å². The quantitative estimate of drug-likeness (QED) is 0.752. The van der Waals surface area contributed by atoms with Crippen molar-refractivity contribution >= 4 is 27.3 Å². The summed E-state index contributed by atoms with van der Waals surface area (Å²) < 4.78 is 47.8. The van der Waals surface area contributed by atoms with Gasteiger partial charge in [-0.2, -0.15) is 8.78 Å². The average Bonchev–Trinajstić information content (AvgIpc) is 2.66. The number of halogens is 2. The Bertz CT molecular complexity index is 911. The maximum absolute atomic E-state index is 12.5. The topological polar surface area (TPSA) is 92.3 Å². The Kier molecular flexibility index (Phi) is 6.62. The van der Waals surface area contributed by atoms with Crippen LogP contribution in [-0.2, 0) is 9.84 Å². The third-order valence-electron chi connectivity index (χ3n) is 3.62. The van der Waals surface area contributed by atoms with Crippen LogP contribution in [0, 0.1) is 0 Å². The number of alkyl halides is 2. The number of anilines is 1. The van der Waals surface area contributed by atoms with Crippen LogP contribution in [0.15, 0.2) is 53.4 Å². The average molecular weight is 396 g/mol. The van der Waals surface area contributed by atoms with E-state index >= 15 is 0 Å². The molecule has 0 aromatic heterocycles. The molecule has 27 heavy (non-hydrogen) atoms. The maximum Gasteiger partial charge on any atom is 0.341 e. The molecule has 0 bridgehead atoms. The molecule has 0 saturated heterocycles. The number of hydrogen-bond donors (Lipinski definition) is 2. The lowest BCUT2D eigenvalue weighted by molar-refractivity contribution is 0.0953. The molecule has 0 aliphatic rings. The number of hydrogen-bond acceptors (Lipinski definition) is 4. The molecule has 0 aliphatic heterocycles. The van der Waals surface area contributed by atoms with Crippen molar-refractivity contribution in [3.8, 4) is 0 Å². The normalized spacial score (nSPS) is 11.3. The van der Waals surface area contributed by atoms with Crippen LogP contribution < -0.4 is 10.6 Å². The second-order valence-electron chi connectivity index (χ2n) is 5.62. The van der Waals surface area contributed by atoms with Crippen molar-refractivity contribution in [3.05, 3.63) is 59.7 Å². The second-order valence-corrected chi connectivity index (χ2v) is 7.54. The van der Waals surface area contributed by atoms with Gasteiger partial charge in [0.1, 0.15) is 0 Å². The van der Waals surface area contributed by atoms with E-state index in [0.717, 1.165) is 30.7 Å². The third-order valence-corrected chi connectivity index (χ3v) is 5.02. The summed E-state index contributed by atoms with van der Waals surface area (Å²) in [6, 6.07) is 10.4. The van der Waals surface area contributed by atoms with E-state index in [1.807, 2.05) is 6.92 Å². The molecular weight excluding hydrogens is 378 g/mol. The lowest BCUT2D eigenvalue weighted by atomic mass is 10.1. The van der Waals surface area contributed by atoms with Crippen molar-refractivity contribution in [1.29, 1.82) is 0 Å². The van der Waals surface area contributed by atoms with Crippen molar-refractivity contribution in [2.75, 3.05) is 11.9 Å². The van der Waals surface area contributed by atoms with E-state index in [0.29, 0.717) is 17.8 Å². The van der Waals surface area contributed by atoms with E-state index in [2.05, 4.69) is 10.6 Å². The highest BCUT2D eigenvalue weighted by atomic mass is 32.2. The summed E-state index contributed by atoms with van der Waals surface area (Å²) in [7, 11) is -4.70. The van der Waals surface area contributed by atoms with E-state index in [-0.39, 0.29) is 11.5 Å². The molecule has 2 rings (SSSR count). The zero-order valence-electron chi connectivity index (χ0n) is 14.4. The predicted octanol–water partition coefficient (Wildman–Crippen LogP) is 3.08. The number of benzene rings is 2. The highest BCUT2D eigenvalue weighted by Crippen LogP contribution is 2.19. The van der Waals surface area contributed by atoms with Crippen molar-refractivity contribution < 1.29 is 26.8 Å². The van der Waals surface area contributed by atoms with Crippen molar-refractivity contribution in [1.82, 2.24) is 5.32 Å². The predicted molar refractivity (Wildman–Crippen MR) is 96.7 cm³/mol. The molecule has 144 valence electrons. The molecule has 9 heteroatoms. The Hall–Kier alpha value is -2.81. The molecule has 0 atom stereocenters. The molecule has 0 spiro atoms. The van der Waals surface area contributed by atoms with Crippen molar-refractivity contribution in [2.24, 2.45) is 0 Å². The molecule has 0 heterocycles. The van der Waals surface area contributed by atoms with E-state index in [1.165, 1.54) is 0 Å². The lowest BCUT2D eigenvalue weighted by Crippen LogP contribution is -2.23. The van der Waals surface area contributed by atoms with Crippen LogP contribution in [0.5, 0.6) is 0 Å². The molecule has 2 aromatic carbocycles. The number of carbonyl (C=O) groups excluding carboxylic acids is 2. The van der Waals surface area contributed by atoms with Crippen LogP contribution in [0.25, 0.3) is 0 Å². The molecule has 0 unspecified atom stereocenters. The number of amides is 2. The van der Waals surface area contributed by atoms with Crippen LogP contribution >= 0.6 is 0 Å². The highest BCUT2D eigenvalue weighted by molar-refractivity contribution is 7.91. The Morgan fingerprint density at radius 1 is 0.926 bits per heavy atom. The number of rotatable bonds is 7. The van der Waals surface area contributed by atoms with Gasteiger partial charge in [-0.15, -0.1) is 0 Å². The SMILES string of the molecule is CCCNC(=O)c1ccc(NC(=O)c2ccc(S(=O)(=O)C(F)F)cc2)cc1. The molecule has 0 saturated carbocycles. The summed E-state index contributed by atoms with van der Waals surface area (Å²) in [5, 5.41) is 5.31. The minimum absolute atomic E-state index is 0.105. The molecule has 0 radical (unpaired) electrons. The Morgan fingerprint density at radius 2 is 1.44 bits per heavy atom. The summed E-state index contributed by atoms with van der Waals surface area (Å²) in [4.78, 5) is 23.4. The van der Waals surface area contributed by atoms with Crippen LogP contribution in [0.3, 0.4) is 0 Å². The van der Waals surface area contributed by atoms with Crippen LogP contribution in [0.4, 0.5) is 14.5 Å². The fourth-order valence-corrected chi connectivity index (χ4v) is 2.87. The molecule has 0 aliphatic carbocycles. The number of nitrogens with one attached hydrogen (secondary N) is 2. The van der Waals surface area contributed by atoms with Crippen LogP contribution in [0.1, 0.15) is 34.1 Å². The first-order valence-corrected chi connectivity index (χ1v) is 9.62. The van der Waals surface area contributed by atoms with Crippen molar-refractivity contribution in [2.45, 2.75) is 24.0 Å². The number of carbonyl (C=O) groups is 2. The van der Waals surface area contributed by atoms with E-state index in [1.54, 1.807) is 24.3 Å². The fraction of sp³-hybridized carbons (Fsp3) is 0.222. The van der Waals surface area contributed by atoms with Gasteiger partial charge in [0.2, 0.25) is 9.84 Å². The van der Waals surface area contributed by atoms with Gasteiger partial charge in [0.25, 0.3) is 11.8 Å². The molecule has 2 N–H and O–H groups in total. The molecule has 2 amide bonds. The monoisotopic (exact) mass is 396 g/mol. The summed E-state index contributed by atoms with van der Waals surface area (Å²) >= 11 is 0. The van der Waals surface area contributed by atoms with Crippen LogP contribution in [0.2, 0.25) is 0 Å². The highest BCUT2D eigenvalue weighted by Gasteiger charge is 2.26. The van der Waals surface area contributed by atoms with E-state index in [4.69, 9.17) is 0 Å². The minimum atomic E-state index is -4.70. The standard InChI is InChI=1S/C18H18F2N2O4S/c1-2-11-21-16(23)12-3-7-14(8-4-12)22-17(24)13-5-9-15(10-6-13)27(25,26)18(19)20/h3-10,18H,2,11H2,1H3,(H,21,23)(H,22,24).